The van der Waals surface area contributed by atoms with Gasteiger partial charge in [-0.1, -0.05) is 41.4 Å². The van der Waals surface area contributed by atoms with Gasteiger partial charge in [0.1, 0.15) is 0 Å². The molecule has 0 spiro atoms. The van der Waals surface area contributed by atoms with Gasteiger partial charge in [-0.3, -0.25) is 4.21 Å². The van der Waals surface area contributed by atoms with Crippen LogP contribution >= 0.6 is 0 Å². The van der Waals surface area contributed by atoms with Gasteiger partial charge >= 0.3 is 0 Å². The van der Waals surface area contributed by atoms with Crippen molar-refractivity contribution in [2.75, 3.05) is 12.4 Å². The second-order valence-electron chi connectivity index (χ2n) is 2.55. The Kier molecular flexibility index (Phi) is 4.67. The Balaban J connectivity index is 2.17. The van der Waals surface area contributed by atoms with Crippen LogP contribution in [0.4, 0.5) is 0 Å². The Labute approximate surface area is 80.0 Å². The van der Waals surface area contributed by atoms with E-state index in [1.54, 1.807) is 0 Å². The average Bonchev–Trinajstić information content (AvgIpc) is 2.14. The fraction of sp³-hybridized carbons (Fsp3) is 0.333. The fourth-order valence-electron chi connectivity index (χ4n) is 0.891. The summed E-state index contributed by atoms with van der Waals surface area (Å²) in [6.45, 7) is 0.725. The maximum Gasteiger partial charge on any atom is 0.0717 e. The summed E-state index contributed by atoms with van der Waals surface area (Å²) < 4.78 is 25.4. The zero-order valence-corrected chi connectivity index (χ0v) is 7.96. The van der Waals surface area contributed by atoms with Gasteiger partial charge in [0.15, 0.2) is 0 Å². The number of ether oxygens (including phenoxy) is 1. The first kappa shape index (κ1) is 10.4. The lowest BCUT2D eigenvalue weighted by Gasteiger charge is -2.05. The van der Waals surface area contributed by atoms with E-state index >= 15 is 0 Å². The molecule has 1 aromatic rings. The molecule has 0 aromatic heterocycles. The molecule has 1 atom stereocenters. The van der Waals surface area contributed by atoms with Crippen LogP contribution in [0.3, 0.4) is 0 Å². The number of benzene rings is 1. The molecule has 1 aromatic carbocycles. The van der Waals surface area contributed by atoms with Crippen LogP contribution in [0.25, 0.3) is 0 Å². The molecule has 0 heterocycles. The third kappa shape index (κ3) is 4.77. The van der Waals surface area contributed by atoms with Gasteiger partial charge in [-0.15, -0.1) is 0 Å². The Morgan fingerprint density at radius 1 is 1.31 bits per heavy atom. The summed E-state index contributed by atoms with van der Waals surface area (Å²) in [6.07, 6.45) is 0. The molecule has 0 fully saturated rings. The summed E-state index contributed by atoms with van der Waals surface area (Å²) in [5.41, 5.74) is 1.05. The highest BCUT2D eigenvalue weighted by Gasteiger charge is 1.91. The van der Waals surface area contributed by atoms with Gasteiger partial charge in [-0.05, 0) is 5.56 Å². The van der Waals surface area contributed by atoms with E-state index in [2.05, 4.69) is 0 Å². The van der Waals surface area contributed by atoms with E-state index in [4.69, 9.17) is 4.74 Å². The van der Waals surface area contributed by atoms with Gasteiger partial charge < -0.3 is 9.29 Å². The first-order valence-electron chi connectivity index (χ1n) is 3.96. The smallest absolute Gasteiger partial charge is 0.0717 e. The van der Waals surface area contributed by atoms with Gasteiger partial charge in [-0.2, -0.15) is 0 Å². The van der Waals surface area contributed by atoms with Crippen molar-refractivity contribution < 1.29 is 13.5 Å². The van der Waals surface area contributed by atoms with Crippen molar-refractivity contribution in [2.45, 2.75) is 6.61 Å². The molecule has 0 aliphatic carbocycles. The summed E-state index contributed by atoms with van der Waals surface area (Å²) in [5.74, 6) is 0.0623. The van der Waals surface area contributed by atoms with E-state index < -0.39 is 11.1 Å². The molecule has 0 aliphatic rings. The highest BCUT2D eigenvalue weighted by Crippen LogP contribution is 1.99. The molecule has 0 aliphatic heterocycles. The van der Waals surface area contributed by atoms with Gasteiger partial charge in [-0.25, -0.2) is 0 Å². The van der Waals surface area contributed by atoms with Crippen molar-refractivity contribution in [3.8, 4) is 0 Å². The van der Waals surface area contributed by atoms with Gasteiger partial charge in [0.2, 0.25) is 0 Å². The summed E-state index contributed by atoms with van der Waals surface area (Å²) in [6, 6.07) is 9.65. The molecule has 0 saturated heterocycles. The van der Waals surface area contributed by atoms with Crippen LogP contribution in [0.2, 0.25) is 0 Å². The monoisotopic (exact) mass is 199 g/mol. The minimum absolute atomic E-state index is 0.0623. The topological polar surface area (TPSA) is 49.4 Å². The molecule has 4 heteroatoms. The summed E-state index contributed by atoms with van der Waals surface area (Å²) >= 11 is -2.00. The molecule has 0 amide bonds. The van der Waals surface area contributed by atoms with Crippen LogP contribution in [-0.4, -0.2) is 21.1 Å². The first-order chi connectivity index (χ1) is 6.29. The number of hydrogen-bond donors (Lipinski definition) is 0. The molecule has 0 saturated carbocycles. The first-order valence-corrected chi connectivity index (χ1v) is 5.21. The predicted molar refractivity (Wildman–Crippen MR) is 49.9 cm³/mol. The number of rotatable bonds is 5. The molecule has 0 radical (unpaired) electrons. The van der Waals surface area contributed by atoms with Crippen LogP contribution in [0.5, 0.6) is 0 Å². The van der Waals surface area contributed by atoms with E-state index in [0.29, 0.717) is 6.61 Å². The molecule has 0 N–H and O–H groups in total. The van der Waals surface area contributed by atoms with Crippen molar-refractivity contribution in [1.29, 1.82) is 0 Å². The Morgan fingerprint density at radius 2 is 2.00 bits per heavy atom. The minimum atomic E-state index is -2.00. The Bertz CT molecular complexity index is 261. The summed E-state index contributed by atoms with van der Waals surface area (Å²) in [4.78, 5) is 0. The molecule has 72 valence electrons. The average molecular weight is 199 g/mol. The Morgan fingerprint density at radius 3 is 2.62 bits per heavy atom. The van der Waals surface area contributed by atoms with Crippen LogP contribution in [0.1, 0.15) is 5.56 Å². The van der Waals surface area contributed by atoms with E-state index in [0.717, 1.165) is 5.56 Å². The maximum atomic E-state index is 10.1. The fourth-order valence-corrected chi connectivity index (χ4v) is 1.15. The van der Waals surface area contributed by atoms with Crippen molar-refractivity contribution >= 4 is 11.1 Å². The van der Waals surface area contributed by atoms with Crippen LogP contribution in [0, 0.1) is 0 Å². The lowest BCUT2D eigenvalue weighted by molar-refractivity contribution is 0.135. The van der Waals surface area contributed by atoms with Crippen LogP contribution in [0.15, 0.2) is 30.3 Å². The van der Waals surface area contributed by atoms with E-state index in [9.17, 15) is 8.76 Å². The zero-order chi connectivity index (χ0) is 9.52. The maximum absolute atomic E-state index is 10.1. The van der Waals surface area contributed by atoms with Crippen molar-refractivity contribution in [3.63, 3.8) is 0 Å². The zero-order valence-electron chi connectivity index (χ0n) is 7.14. The normalized spacial score (nSPS) is 12.7. The van der Waals surface area contributed by atoms with Gasteiger partial charge in [0.05, 0.1) is 13.2 Å². The standard InChI is InChI=1S/C9H12O3S/c10-13(11)7-6-12-8-9-4-2-1-3-5-9/h1-5H,6-8H2,(H,10,11)/p-1. The molecular weight excluding hydrogens is 188 g/mol. The van der Waals surface area contributed by atoms with E-state index in [-0.39, 0.29) is 12.4 Å². The molecule has 13 heavy (non-hydrogen) atoms. The number of hydrogen-bond acceptors (Lipinski definition) is 3. The van der Waals surface area contributed by atoms with Crippen LogP contribution in [-0.2, 0) is 22.4 Å². The minimum Gasteiger partial charge on any atom is -0.772 e. The van der Waals surface area contributed by atoms with Crippen LogP contribution < -0.4 is 0 Å². The Hall–Kier alpha value is -0.710. The highest BCUT2D eigenvalue weighted by atomic mass is 32.2. The van der Waals surface area contributed by atoms with Crippen molar-refractivity contribution in [1.82, 2.24) is 0 Å². The molecule has 1 unspecified atom stereocenters. The molecular formula is C9H11O3S-. The lowest BCUT2D eigenvalue weighted by Crippen LogP contribution is -2.05. The van der Waals surface area contributed by atoms with Gasteiger partial charge in [0, 0.05) is 5.75 Å². The largest absolute Gasteiger partial charge is 0.772 e. The second kappa shape index (κ2) is 5.85. The van der Waals surface area contributed by atoms with Crippen molar-refractivity contribution in [2.24, 2.45) is 0 Å². The van der Waals surface area contributed by atoms with Gasteiger partial charge in [0.25, 0.3) is 0 Å². The second-order valence-corrected chi connectivity index (χ2v) is 3.56. The lowest BCUT2D eigenvalue weighted by atomic mass is 10.2. The molecule has 0 bridgehead atoms. The SMILES string of the molecule is O=S([O-])CCOCc1ccccc1. The summed E-state index contributed by atoms with van der Waals surface area (Å²) in [5, 5.41) is 0. The highest BCUT2D eigenvalue weighted by molar-refractivity contribution is 7.79. The van der Waals surface area contributed by atoms with Crippen molar-refractivity contribution in [3.05, 3.63) is 35.9 Å². The molecule has 1 rings (SSSR count). The quantitative estimate of drug-likeness (QED) is 0.526. The van der Waals surface area contributed by atoms with E-state index in [1.807, 2.05) is 30.3 Å². The van der Waals surface area contributed by atoms with E-state index in [1.165, 1.54) is 0 Å². The summed E-state index contributed by atoms with van der Waals surface area (Å²) in [7, 11) is 0. The molecule has 3 nitrogen and oxygen atoms in total. The third-order valence-electron chi connectivity index (χ3n) is 1.51. The third-order valence-corrected chi connectivity index (χ3v) is 2.01. The predicted octanol–water partition coefficient (Wildman–Crippen LogP) is 1.08.